The minimum absolute atomic E-state index is 0.179. The highest BCUT2D eigenvalue weighted by Crippen LogP contribution is 2.45. The third-order valence-corrected chi connectivity index (χ3v) is 5.83. The molecule has 1 unspecified atom stereocenters. The van der Waals surface area contributed by atoms with Crippen molar-refractivity contribution in [2.45, 2.75) is 36.8 Å². The number of thioether (sulfide) groups is 1. The fourth-order valence-electron chi connectivity index (χ4n) is 2.93. The van der Waals surface area contributed by atoms with Gasteiger partial charge in [-0.2, -0.15) is 0 Å². The first-order chi connectivity index (χ1) is 12.0. The summed E-state index contributed by atoms with van der Waals surface area (Å²) in [6.45, 7) is 6.24. The zero-order chi connectivity index (χ0) is 18.0. The molecule has 25 heavy (non-hydrogen) atoms. The number of aryl methyl sites for hydroxylation is 1. The molecule has 2 amide bonds. The minimum Gasteiger partial charge on any atom is -0.324 e. The van der Waals surface area contributed by atoms with Crippen molar-refractivity contribution in [1.82, 2.24) is 0 Å². The fourth-order valence-corrected chi connectivity index (χ4v) is 4.14. The van der Waals surface area contributed by atoms with E-state index in [0.717, 1.165) is 17.0 Å². The molecular formula is C20H22N2O2S. The van der Waals surface area contributed by atoms with Crippen LogP contribution in [-0.2, 0) is 16.0 Å². The molecule has 3 rings (SSSR count). The van der Waals surface area contributed by atoms with Gasteiger partial charge in [-0.1, -0.05) is 43.0 Å². The molecule has 0 aliphatic carbocycles. The van der Waals surface area contributed by atoms with Crippen LogP contribution in [-0.4, -0.2) is 23.1 Å². The number of anilines is 2. The van der Waals surface area contributed by atoms with E-state index >= 15 is 0 Å². The summed E-state index contributed by atoms with van der Waals surface area (Å²) in [5.41, 5.74) is 2.79. The number of benzene rings is 2. The van der Waals surface area contributed by atoms with Gasteiger partial charge in [-0.15, -0.1) is 0 Å². The summed E-state index contributed by atoms with van der Waals surface area (Å²) < 4.78 is -1.19. The van der Waals surface area contributed by atoms with Gasteiger partial charge in [-0.05, 0) is 50.1 Å². The molecule has 0 fully saturated rings. The second-order valence-electron chi connectivity index (χ2n) is 6.16. The van der Waals surface area contributed by atoms with E-state index in [9.17, 15) is 9.59 Å². The number of carbonyl (C=O) groups is 2. The lowest BCUT2D eigenvalue weighted by Gasteiger charge is -2.38. The molecule has 0 radical (unpaired) electrons. The van der Waals surface area contributed by atoms with E-state index < -0.39 is 4.75 Å². The number of nitrogens with one attached hydrogen (secondary N) is 1. The lowest BCUT2D eigenvalue weighted by molar-refractivity contribution is -0.128. The van der Waals surface area contributed by atoms with E-state index in [4.69, 9.17) is 0 Å². The second kappa shape index (κ2) is 6.92. The zero-order valence-electron chi connectivity index (χ0n) is 14.7. The predicted molar refractivity (Wildman–Crippen MR) is 103 cm³/mol. The summed E-state index contributed by atoms with van der Waals surface area (Å²) in [5.74, 6) is -0.471. The minimum atomic E-state index is -1.19. The summed E-state index contributed by atoms with van der Waals surface area (Å²) in [6.07, 6.45) is 0.947. The van der Waals surface area contributed by atoms with Crippen molar-refractivity contribution >= 4 is 35.0 Å². The zero-order valence-corrected chi connectivity index (χ0v) is 15.5. The van der Waals surface area contributed by atoms with Gasteiger partial charge >= 0.3 is 0 Å². The standard InChI is InChI=1S/C20H22N2O2S/c1-4-14-10-12-15(13-11-14)21-18(23)20(3)19(24)22(5-2)16-8-6-7-9-17(16)25-20/h6-13H,4-5H2,1-3H3,(H,21,23). The monoisotopic (exact) mass is 354 g/mol. The Balaban J connectivity index is 1.89. The van der Waals surface area contributed by atoms with Crippen LogP contribution in [0.2, 0.25) is 0 Å². The van der Waals surface area contributed by atoms with Crippen LogP contribution < -0.4 is 10.2 Å². The second-order valence-corrected chi connectivity index (χ2v) is 7.62. The molecule has 2 aromatic carbocycles. The molecule has 0 bridgehead atoms. The third kappa shape index (κ3) is 3.16. The smallest absolute Gasteiger partial charge is 0.252 e. The predicted octanol–water partition coefficient (Wildman–Crippen LogP) is 4.11. The van der Waals surface area contributed by atoms with Gasteiger partial charge in [0.1, 0.15) is 0 Å². The van der Waals surface area contributed by atoms with Gasteiger partial charge in [-0.25, -0.2) is 0 Å². The van der Waals surface area contributed by atoms with Gasteiger partial charge < -0.3 is 10.2 Å². The number of carbonyl (C=O) groups excluding carboxylic acids is 2. The molecule has 1 aliphatic heterocycles. The van der Waals surface area contributed by atoms with Gasteiger partial charge in [0, 0.05) is 17.1 Å². The van der Waals surface area contributed by atoms with Crippen LogP contribution in [0, 0.1) is 0 Å². The molecule has 4 nitrogen and oxygen atoms in total. The van der Waals surface area contributed by atoms with Crippen molar-refractivity contribution in [3.8, 4) is 0 Å². The van der Waals surface area contributed by atoms with E-state index in [0.29, 0.717) is 12.2 Å². The lowest BCUT2D eigenvalue weighted by atomic mass is 10.1. The summed E-state index contributed by atoms with van der Waals surface area (Å²) in [7, 11) is 0. The quantitative estimate of drug-likeness (QED) is 0.841. The number of amides is 2. The molecule has 5 heteroatoms. The maximum Gasteiger partial charge on any atom is 0.252 e. The Bertz CT molecular complexity index is 804. The van der Waals surface area contributed by atoms with Crippen LogP contribution >= 0.6 is 11.8 Å². The normalized spacial score (nSPS) is 19.5. The van der Waals surface area contributed by atoms with E-state index in [1.165, 1.54) is 17.3 Å². The van der Waals surface area contributed by atoms with Crippen LogP contribution in [0.3, 0.4) is 0 Å². The average Bonchev–Trinajstić information content (AvgIpc) is 2.63. The fraction of sp³-hybridized carbons (Fsp3) is 0.300. The summed E-state index contributed by atoms with van der Waals surface area (Å²) in [5, 5.41) is 2.90. The van der Waals surface area contributed by atoms with Crippen molar-refractivity contribution in [1.29, 1.82) is 0 Å². The van der Waals surface area contributed by atoms with Crippen LogP contribution in [0.4, 0.5) is 11.4 Å². The Morgan fingerprint density at radius 2 is 1.80 bits per heavy atom. The molecule has 0 aromatic heterocycles. The molecule has 2 aromatic rings. The highest BCUT2D eigenvalue weighted by molar-refractivity contribution is 8.02. The molecule has 0 saturated heterocycles. The summed E-state index contributed by atoms with van der Waals surface area (Å²) in [6, 6.07) is 15.4. The van der Waals surface area contributed by atoms with Gasteiger partial charge in [0.2, 0.25) is 5.91 Å². The van der Waals surface area contributed by atoms with Crippen molar-refractivity contribution in [2.75, 3.05) is 16.8 Å². The topological polar surface area (TPSA) is 49.4 Å². The van der Waals surface area contributed by atoms with Crippen molar-refractivity contribution in [3.05, 3.63) is 54.1 Å². The van der Waals surface area contributed by atoms with Gasteiger partial charge in [0.25, 0.3) is 5.91 Å². The Hall–Kier alpha value is -2.27. The van der Waals surface area contributed by atoms with Gasteiger partial charge in [-0.3, -0.25) is 9.59 Å². The highest BCUT2D eigenvalue weighted by atomic mass is 32.2. The Morgan fingerprint density at radius 1 is 1.12 bits per heavy atom. The maximum atomic E-state index is 13.0. The van der Waals surface area contributed by atoms with Gasteiger partial charge in [0.15, 0.2) is 4.75 Å². The van der Waals surface area contributed by atoms with Crippen LogP contribution in [0.5, 0.6) is 0 Å². The summed E-state index contributed by atoms with van der Waals surface area (Å²) in [4.78, 5) is 28.6. The first-order valence-electron chi connectivity index (χ1n) is 8.50. The molecule has 0 saturated carbocycles. The average molecular weight is 354 g/mol. The third-order valence-electron chi connectivity index (χ3n) is 4.49. The molecule has 1 heterocycles. The summed E-state index contributed by atoms with van der Waals surface area (Å²) >= 11 is 1.32. The molecule has 130 valence electrons. The lowest BCUT2D eigenvalue weighted by Crippen LogP contribution is -2.54. The van der Waals surface area contributed by atoms with Crippen LogP contribution in [0.1, 0.15) is 26.3 Å². The number of hydrogen-bond acceptors (Lipinski definition) is 3. The van der Waals surface area contributed by atoms with Crippen molar-refractivity contribution < 1.29 is 9.59 Å². The highest BCUT2D eigenvalue weighted by Gasteiger charge is 2.48. The number of fused-ring (bicyclic) bond motifs is 1. The van der Waals surface area contributed by atoms with E-state index in [-0.39, 0.29) is 11.8 Å². The van der Waals surface area contributed by atoms with E-state index in [1.807, 2.05) is 55.5 Å². The number of rotatable bonds is 4. The maximum absolute atomic E-state index is 13.0. The van der Waals surface area contributed by atoms with E-state index in [1.54, 1.807) is 11.8 Å². The Morgan fingerprint density at radius 3 is 2.44 bits per heavy atom. The SMILES string of the molecule is CCc1ccc(NC(=O)C2(C)Sc3ccccc3N(CC)C2=O)cc1. The molecule has 1 N–H and O–H groups in total. The number of hydrogen-bond donors (Lipinski definition) is 1. The first-order valence-corrected chi connectivity index (χ1v) is 9.31. The number of para-hydroxylation sites is 1. The van der Waals surface area contributed by atoms with Crippen LogP contribution in [0.15, 0.2) is 53.4 Å². The van der Waals surface area contributed by atoms with Crippen LogP contribution in [0.25, 0.3) is 0 Å². The molecule has 1 atom stereocenters. The molecule has 1 aliphatic rings. The molecule has 0 spiro atoms. The largest absolute Gasteiger partial charge is 0.324 e. The van der Waals surface area contributed by atoms with Crippen molar-refractivity contribution in [3.63, 3.8) is 0 Å². The Labute approximate surface area is 152 Å². The van der Waals surface area contributed by atoms with Crippen molar-refractivity contribution in [2.24, 2.45) is 0 Å². The molecular weight excluding hydrogens is 332 g/mol. The van der Waals surface area contributed by atoms with E-state index in [2.05, 4.69) is 12.2 Å². The first kappa shape index (κ1) is 17.5. The van der Waals surface area contributed by atoms with Gasteiger partial charge in [0.05, 0.1) is 5.69 Å². The Kier molecular flexibility index (Phi) is 4.86. The number of nitrogens with zero attached hydrogens (tertiary/aromatic N) is 1.